The van der Waals surface area contributed by atoms with Crippen LogP contribution in [0.5, 0.6) is 0 Å². The van der Waals surface area contributed by atoms with E-state index in [4.69, 9.17) is 0 Å². The summed E-state index contributed by atoms with van der Waals surface area (Å²) in [6, 6.07) is 3.39. The fourth-order valence-electron chi connectivity index (χ4n) is 1.25. The lowest BCUT2D eigenvalue weighted by molar-refractivity contribution is 0.0957. The van der Waals surface area contributed by atoms with Gasteiger partial charge >= 0.3 is 0 Å². The molecule has 0 bridgehead atoms. The monoisotopic (exact) mass is 229 g/mol. The molecule has 17 heavy (non-hydrogen) atoms. The van der Waals surface area contributed by atoms with Crippen LogP contribution in [0.4, 0.5) is 0 Å². The number of carbonyl (C=O) groups is 1. The van der Waals surface area contributed by atoms with Crippen molar-refractivity contribution < 1.29 is 4.79 Å². The maximum atomic E-state index is 11.6. The van der Waals surface area contributed by atoms with E-state index >= 15 is 0 Å². The topological polar surface area (TPSA) is 72.7 Å². The second kappa shape index (κ2) is 5.02. The Morgan fingerprint density at radius 1 is 1.53 bits per heavy atom. The molecule has 0 saturated carbocycles. The Bertz CT molecular complexity index is 503. The number of nitrogens with zero attached hydrogens (tertiary/aromatic N) is 4. The first-order valence-corrected chi connectivity index (χ1v) is 5.01. The molecule has 0 aliphatic rings. The van der Waals surface area contributed by atoms with Gasteiger partial charge in [0.25, 0.3) is 5.91 Å². The van der Waals surface area contributed by atoms with Gasteiger partial charge in [0, 0.05) is 12.7 Å². The minimum absolute atomic E-state index is 0.178. The van der Waals surface area contributed by atoms with Crippen LogP contribution in [0.25, 0.3) is 5.82 Å². The first-order valence-electron chi connectivity index (χ1n) is 5.01. The van der Waals surface area contributed by atoms with E-state index in [0.29, 0.717) is 17.9 Å². The molecule has 0 aliphatic heterocycles. The summed E-state index contributed by atoms with van der Waals surface area (Å²) in [5.74, 6) is 0.435. The zero-order valence-corrected chi connectivity index (χ0v) is 9.08. The predicted octanol–water partition coefficient (Wildman–Crippen LogP) is 0.578. The molecule has 2 rings (SSSR count). The van der Waals surface area contributed by atoms with Gasteiger partial charge in [0.2, 0.25) is 0 Å². The third-order valence-electron chi connectivity index (χ3n) is 2.07. The van der Waals surface area contributed by atoms with E-state index in [-0.39, 0.29) is 5.91 Å². The Labute approximate surface area is 98.0 Å². The molecule has 86 valence electrons. The lowest BCUT2D eigenvalue weighted by atomic mass is 10.2. The van der Waals surface area contributed by atoms with E-state index in [2.05, 4.69) is 27.0 Å². The largest absolute Gasteiger partial charge is 0.349 e. The summed E-state index contributed by atoms with van der Waals surface area (Å²) < 4.78 is 1.52. The van der Waals surface area contributed by atoms with Gasteiger partial charge in [-0.3, -0.25) is 4.79 Å². The molecule has 0 saturated heterocycles. The predicted molar refractivity (Wildman–Crippen MR) is 61.7 cm³/mol. The summed E-state index contributed by atoms with van der Waals surface area (Å²) in [7, 11) is 0. The van der Waals surface area contributed by atoms with Crippen LogP contribution in [0.2, 0.25) is 0 Å². The Kier molecular flexibility index (Phi) is 3.25. The summed E-state index contributed by atoms with van der Waals surface area (Å²) >= 11 is 0. The van der Waals surface area contributed by atoms with Crippen molar-refractivity contribution in [3.8, 4) is 5.82 Å². The normalized spacial score (nSPS) is 9.88. The van der Waals surface area contributed by atoms with Crippen LogP contribution in [-0.4, -0.2) is 32.2 Å². The fourth-order valence-corrected chi connectivity index (χ4v) is 1.25. The van der Waals surface area contributed by atoms with E-state index in [1.165, 1.54) is 17.2 Å². The van der Waals surface area contributed by atoms with Crippen LogP contribution < -0.4 is 5.32 Å². The number of rotatable bonds is 4. The summed E-state index contributed by atoms with van der Waals surface area (Å²) in [4.78, 5) is 19.5. The van der Waals surface area contributed by atoms with Crippen LogP contribution in [0, 0.1) is 0 Å². The molecular formula is C11H11N5O. The minimum Gasteiger partial charge on any atom is -0.349 e. The SMILES string of the molecule is C=CCNC(=O)c1ccc(-n2cncn2)nc1. The van der Waals surface area contributed by atoms with Gasteiger partial charge in [-0.25, -0.2) is 14.6 Å². The zero-order chi connectivity index (χ0) is 12.1. The third kappa shape index (κ3) is 2.54. The second-order valence-electron chi connectivity index (χ2n) is 3.24. The molecule has 0 fully saturated rings. The van der Waals surface area contributed by atoms with Crippen molar-refractivity contribution in [2.45, 2.75) is 0 Å². The van der Waals surface area contributed by atoms with Gasteiger partial charge in [0.15, 0.2) is 5.82 Å². The number of aromatic nitrogens is 4. The van der Waals surface area contributed by atoms with Gasteiger partial charge in [-0.1, -0.05) is 6.08 Å². The molecule has 2 aromatic heterocycles. The maximum absolute atomic E-state index is 11.6. The van der Waals surface area contributed by atoms with Crippen LogP contribution in [0.1, 0.15) is 10.4 Å². The van der Waals surface area contributed by atoms with Crippen molar-refractivity contribution in [3.05, 3.63) is 49.2 Å². The fraction of sp³-hybridized carbons (Fsp3) is 0.0909. The molecule has 0 aliphatic carbocycles. The lowest BCUT2D eigenvalue weighted by Gasteiger charge is -2.03. The third-order valence-corrected chi connectivity index (χ3v) is 2.07. The van der Waals surface area contributed by atoms with Crippen molar-refractivity contribution in [1.29, 1.82) is 0 Å². The Balaban J connectivity index is 2.13. The zero-order valence-electron chi connectivity index (χ0n) is 9.08. The number of hydrogen-bond acceptors (Lipinski definition) is 4. The van der Waals surface area contributed by atoms with Crippen molar-refractivity contribution in [2.24, 2.45) is 0 Å². The van der Waals surface area contributed by atoms with Gasteiger partial charge in [-0.15, -0.1) is 6.58 Å². The van der Waals surface area contributed by atoms with Crippen LogP contribution in [-0.2, 0) is 0 Å². The summed E-state index contributed by atoms with van der Waals surface area (Å²) in [6.07, 6.45) is 6.08. The van der Waals surface area contributed by atoms with Crippen LogP contribution in [0.15, 0.2) is 43.6 Å². The Morgan fingerprint density at radius 3 is 3.00 bits per heavy atom. The number of carbonyl (C=O) groups excluding carboxylic acids is 1. The lowest BCUT2D eigenvalue weighted by Crippen LogP contribution is -2.23. The molecule has 0 radical (unpaired) electrons. The van der Waals surface area contributed by atoms with Crippen molar-refractivity contribution >= 4 is 5.91 Å². The van der Waals surface area contributed by atoms with Crippen molar-refractivity contribution in [2.75, 3.05) is 6.54 Å². The average Bonchev–Trinajstić information content (AvgIpc) is 2.90. The number of amides is 1. The smallest absolute Gasteiger partial charge is 0.253 e. The highest BCUT2D eigenvalue weighted by Crippen LogP contribution is 2.03. The highest BCUT2D eigenvalue weighted by atomic mass is 16.1. The molecule has 1 N–H and O–H groups in total. The molecule has 2 heterocycles. The highest BCUT2D eigenvalue weighted by molar-refractivity contribution is 5.93. The van der Waals surface area contributed by atoms with E-state index in [1.54, 1.807) is 24.5 Å². The quantitative estimate of drug-likeness (QED) is 0.778. The van der Waals surface area contributed by atoms with Crippen molar-refractivity contribution in [1.82, 2.24) is 25.1 Å². The van der Waals surface area contributed by atoms with Crippen LogP contribution in [0.3, 0.4) is 0 Å². The van der Waals surface area contributed by atoms with E-state index in [0.717, 1.165) is 0 Å². The maximum Gasteiger partial charge on any atom is 0.253 e. The molecule has 0 spiro atoms. The Hall–Kier alpha value is -2.50. The van der Waals surface area contributed by atoms with Crippen LogP contribution >= 0.6 is 0 Å². The molecule has 2 aromatic rings. The highest BCUT2D eigenvalue weighted by Gasteiger charge is 2.05. The second-order valence-corrected chi connectivity index (χ2v) is 3.24. The molecule has 6 heteroatoms. The van der Waals surface area contributed by atoms with Gasteiger partial charge in [-0.05, 0) is 12.1 Å². The standard InChI is InChI=1S/C11H11N5O/c1-2-5-13-11(17)9-3-4-10(14-6-9)16-8-12-7-15-16/h2-4,6-8H,1,5H2,(H,13,17). The number of pyridine rings is 1. The molecule has 0 aromatic carbocycles. The van der Waals surface area contributed by atoms with E-state index in [1.807, 2.05) is 0 Å². The molecule has 0 atom stereocenters. The summed E-state index contributed by atoms with van der Waals surface area (Å²) in [5, 5.41) is 6.61. The van der Waals surface area contributed by atoms with Gasteiger partial charge in [-0.2, -0.15) is 5.10 Å². The summed E-state index contributed by atoms with van der Waals surface area (Å²) in [5.41, 5.74) is 0.496. The van der Waals surface area contributed by atoms with Gasteiger partial charge < -0.3 is 5.32 Å². The Morgan fingerprint density at radius 2 is 2.41 bits per heavy atom. The summed E-state index contributed by atoms with van der Waals surface area (Å²) in [6.45, 7) is 3.96. The van der Waals surface area contributed by atoms with Gasteiger partial charge in [0.1, 0.15) is 12.7 Å². The molecule has 1 amide bonds. The number of hydrogen-bond donors (Lipinski definition) is 1. The van der Waals surface area contributed by atoms with Crippen molar-refractivity contribution in [3.63, 3.8) is 0 Å². The first kappa shape index (κ1) is 11.0. The molecule has 6 nitrogen and oxygen atoms in total. The molecular weight excluding hydrogens is 218 g/mol. The molecule has 0 unspecified atom stereocenters. The minimum atomic E-state index is -0.178. The van der Waals surface area contributed by atoms with E-state index < -0.39 is 0 Å². The van der Waals surface area contributed by atoms with E-state index in [9.17, 15) is 4.79 Å². The first-order chi connectivity index (χ1) is 8.31. The average molecular weight is 229 g/mol. The number of nitrogens with one attached hydrogen (secondary N) is 1. The van der Waals surface area contributed by atoms with Gasteiger partial charge in [0.05, 0.1) is 5.56 Å².